The van der Waals surface area contributed by atoms with Crippen LogP contribution in [0.3, 0.4) is 0 Å². The molecule has 3 aliphatic carbocycles. The van der Waals surface area contributed by atoms with Gasteiger partial charge in [-0.3, -0.25) is 0 Å². The number of benzene rings is 1. The zero-order valence-corrected chi connectivity index (χ0v) is 14.8. The number of hydrogen-bond donors (Lipinski definition) is 0. The first-order valence-electron chi connectivity index (χ1n) is 9.92. The molecular formula is C22H31F. The van der Waals surface area contributed by atoms with Crippen molar-refractivity contribution in [3.63, 3.8) is 0 Å². The smallest absolute Gasteiger partial charge is 0.130 e. The molecule has 5 atom stereocenters. The lowest BCUT2D eigenvalue weighted by atomic mass is 9.64. The Morgan fingerprint density at radius 3 is 2.52 bits per heavy atom. The van der Waals surface area contributed by atoms with Crippen LogP contribution in [-0.4, -0.2) is 0 Å². The molecule has 0 bridgehead atoms. The molecule has 0 saturated heterocycles. The van der Waals surface area contributed by atoms with E-state index in [0.717, 1.165) is 48.1 Å². The van der Waals surface area contributed by atoms with Crippen LogP contribution in [0.15, 0.2) is 12.1 Å². The lowest BCUT2D eigenvalue weighted by Crippen LogP contribution is -2.30. The van der Waals surface area contributed by atoms with Gasteiger partial charge in [0.1, 0.15) is 5.82 Å². The van der Waals surface area contributed by atoms with E-state index in [1.807, 2.05) is 0 Å². The predicted molar refractivity (Wildman–Crippen MR) is 94.2 cm³/mol. The minimum atomic E-state index is 0.169. The van der Waals surface area contributed by atoms with Gasteiger partial charge in [-0.25, -0.2) is 4.39 Å². The Hall–Kier alpha value is -0.850. The topological polar surface area (TPSA) is 0 Å². The summed E-state index contributed by atoms with van der Waals surface area (Å²) in [6.07, 6.45) is 11.1. The molecule has 0 spiro atoms. The van der Waals surface area contributed by atoms with Crippen LogP contribution in [-0.2, 0) is 12.8 Å². The third-order valence-corrected chi connectivity index (χ3v) is 7.14. The van der Waals surface area contributed by atoms with Crippen LogP contribution >= 0.6 is 0 Å². The molecule has 5 unspecified atom stereocenters. The maximum atomic E-state index is 15.2. The van der Waals surface area contributed by atoms with Crippen molar-refractivity contribution in [3.8, 4) is 0 Å². The van der Waals surface area contributed by atoms with Gasteiger partial charge in [0.15, 0.2) is 0 Å². The Morgan fingerprint density at radius 2 is 1.65 bits per heavy atom. The van der Waals surface area contributed by atoms with Crippen LogP contribution in [0.1, 0.15) is 81.4 Å². The Balaban J connectivity index is 1.55. The lowest BCUT2D eigenvalue weighted by molar-refractivity contribution is 0.123. The van der Waals surface area contributed by atoms with Crippen molar-refractivity contribution in [3.05, 3.63) is 34.6 Å². The van der Waals surface area contributed by atoms with Crippen molar-refractivity contribution < 1.29 is 4.39 Å². The molecule has 0 nitrogen and oxygen atoms in total. The van der Waals surface area contributed by atoms with Gasteiger partial charge < -0.3 is 0 Å². The van der Waals surface area contributed by atoms with Crippen molar-refractivity contribution in [2.45, 2.75) is 77.6 Å². The summed E-state index contributed by atoms with van der Waals surface area (Å²) in [7, 11) is 0. The van der Waals surface area contributed by atoms with E-state index in [9.17, 15) is 0 Å². The van der Waals surface area contributed by atoms with E-state index in [2.05, 4.69) is 26.0 Å². The van der Waals surface area contributed by atoms with Crippen molar-refractivity contribution in [2.24, 2.45) is 23.7 Å². The fraction of sp³-hybridized carbons (Fsp3) is 0.727. The molecular weight excluding hydrogens is 283 g/mol. The van der Waals surface area contributed by atoms with E-state index in [4.69, 9.17) is 0 Å². The average Bonchev–Trinajstić information content (AvgIpc) is 2.54. The monoisotopic (exact) mass is 314 g/mol. The molecule has 3 aliphatic rings. The normalized spacial score (nSPS) is 37.1. The third-order valence-electron chi connectivity index (χ3n) is 7.14. The lowest BCUT2D eigenvalue weighted by Gasteiger charge is -2.42. The van der Waals surface area contributed by atoms with Crippen molar-refractivity contribution >= 4 is 0 Å². The summed E-state index contributed by atoms with van der Waals surface area (Å²) in [5.74, 6) is 4.07. The van der Waals surface area contributed by atoms with E-state index in [-0.39, 0.29) is 5.82 Å². The van der Waals surface area contributed by atoms with Gasteiger partial charge in [0.25, 0.3) is 0 Å². The van der Waals surface area contributed by atoms with Gasteiger partial charge in [-0.05, 0) is 97.6 Å². The summed E-state index contributed by atoms with van der Waals surface area (Å²) in [5.41, 5.74) is 3.39. The summed E-state index contributed by atoms with van der Waals surface area (Å²) < 4.78 is 15.2. The second kappa shape index (κ2) is 6.22. The average molecular weight is 314 g/mol. The molecule has 2 fully saturated rings. The van der Waals surface area contributed by atoms with Gasteiger partial charge in [0, 0.05) is 0 Å². The van der Waals surface area contributed by atoms with E-state index in [1.54, 1.807) is 0 Å². The molecule has 0 N–H and O–H groups in total. The predicted octanol–water partition coefficient (Wildman–Crippen LogP) is 6.27. The molecule has 2 saturated carbocycles. The highest BCUT2D eigenvalue weighted by atomic mass is 19.1. The summed E-state index contributed by atoms with van der Waals surface area (Å²) in [6, 6.07) is 4.39. The molecule has 0 aromatic heterocycles. The summed E-state index contributed by atoms with van der Waals surface area (Å²) >= 11 is 0. The second-order valence-corrected chi connectivity index (χ2v) is 8.90. The van der Waals surface area contributed by atoms with Gasteiger partial charge in [-0.1, -0.05) is 32.4 Å². The van der Waals surface area contributed by atoms with Crippen LogP contribution in [0.4, 0.5) is 4.39 Å². The standard InChI is InChI=1S/C22H31F/c1-14-3-5-17-13-19(7-6-16(17)11-14)21-10-8-18-12-15(2)4-9-20(18)22(21)23/h8,10,14-17,19H,3-7,9,11-13H2,1-2H3. The summed E-state index contributed by atoms with van der Waals surface area (Å²) in [5, 5.41) is 0. The zero-order valence-electron chi connectivity index (χ0n) is 14.8. The van der Waals surface area contributed by atoms with Crippen LogP contribution in [0.2, 0.25) is 0 Å². The first-order chi connectivity index (χ1) is 11.1. The van der Waals surface area contributed by atoms with Gasteiger partial charge in [-0.15, -0.1) is 0 Å². The maximum Gasteiger partial charge on any atom is 0.130 e. The first-order valence-corrected chi connectivity index (χ1v) is 9.92. The minimum Gasteiger partial charge on any atom is -0.206 e. The largest absolute Gasteiger partial charge is 0.206 e. The number of fused-ring (bicyclic) bond motifs is 2. The Labute approximate surface area is 140 Å². The molecule has 1 aromatic rings. The number of halogens is 1. The summed E-state index contributed by atoms with van der Waals surface area (Å²) in [6.45, 7) is 4.70. The third kappa shape index (κ3) is 2.96. The van der Waals surface area contributed by atoms with Crippen LogP contribution < -0.4 is 0 Å². The Kier molecular flexibility index (Phi) is 4.24. The Bertz CT molecular complexity index is 576. The molecule has 0 aliphatic heterocycles. The highest BCUT2D eigenvalue weighted by molar-refractivity contribution is 5.37. The van der Waals surface area contributed by atoms with Crippen LogP contribution in [0, 0.1) is 29.5 Å². The maximum absolute atomic E-state index is 15.2. The highest BCUT2D eigenvalue weighted by Gasteiger charge is 2.36. The van der Waals surface area contributed by atoms with E-state index in [0.29, 0.717) is 11.8 Å². The number of hydrogen-bond acceptors (Lipinski definition) is 0. The SMILES string of the molecule is CC1CCc2c(ccc(C3CCC4CC(C)CCC4C3)c2F)C1. The van der Waals surface area contributed by atoms with Gasteiger partial charge >= 0.3 is 0 Å². The van der Waals surface area contributed by atoms with Crippen molar-refractivity contribution in [2.75, 3.05) is 0 Å². The van der Waals surface area contributed by atoms with Gasteiger partial charge in [-0.2, -0.15) is 0 Å². The molecule has 23 heavy (non-hydrogen) atoms. The van der Waals surface area contributed by atoms with Gasteiger partial charge in [0.05, 0.1) is 0 Å². The van der Waals surface area contributed by atoms with E-state index < -0.39 is 0 Å². The van der Waals surface area contributed by atoms with E-state index in [1.165, 1.54) is 44.1 Å². The molecule has 126 valence electrons. The number of rotatable bonds is 1. The minimum absolute atomic E-state index is 0.169. The van der Waals surface area contributed by atoms with Gasteiger partial charge in [0.2, 0.25) is 0 Å². The van der Waals surface area contributed by atoms with Crippen LogP contribution in [0.5, 0.6) is 0 Å². The van der Waals surface area contributed by atoms with Crippen molar-refractivity contribution in [1.29, 1.82) is 0 Å². The Morgan fingerprint density at radius 1 is 0.870 bits per heavy atom. The molecule has 1 aromatic carbocycles. The molecule has 0 heterocycles. The molecule has 4 rings (SSSR count). The fourth-order valence-electron chi connectivity index (χ4n) is 5.73. The quantitative estimate of drug-likeness (QED) is 0.573. The van der Waals surface area contributed by atoms with E-state index >= 15 is 4.39 Å². The fourth-order valence-corrected chi connectivity index (χ4v) is 5.73. The molecule has 1 heteroatoms. The second-order valence-electron chi connectivity index (χ2n) is 8.90. The summed E-state index contributed by atoms with van der Waals surface area (Å²) in [4.78, 5) is 0. The highest BCUT2D eigenvalue weighted by Crippen LogP contribution is 2.48. The molecule has 0 amide bonds. The first kappa shape index (κ1) is 15.7. The zero-order chi connectivity index (χ0) is 16.0. The van der Waals surface area contributed by atoms with Crippen molar-refractivity contribution in [1.82, 2.24) is 0 Å². The molecule has 0 radical (unpaired) electrons. The van der Waals surface area contributed by atoms with Crippen LogP contribution in [0.25, 0.3) is 0 Å².